The highest BCUT2D eigenvalue weighted by molar-refractivity contribution is 7.89. The van der Waals surface area contributed by atoms with Gasteiger partial charge in [-0.2, -0.15) is 4.31 Å². The highest BCUT2D eigenvalue weighted by Gasteiger charge is 2.27. The molecule has 2 aromatic carbocycles. The first-order valence-corrected chi connectivity index (χ1v) is 10.7. The molecular weight excluding hydrogens is 378 g/mol. The van der Waals surface area contributed by atoms with Crippen molar-refractivity contribution in [3.8, 4) is 0 Å². The summed E-state index contributed by atoms with van der Waals surface area (Å²) in [5, 5.41) is 5.41. The van der Waals surface area contributed by atoms with Crippen LogP contribution in [0.15, 0.2) is 53.4 Å². The van der Waals surface area contributed by atoms with Crippen molar-refractivity contribution in [3.63, 3.8) is 0 Å². The van der Waals surface area contributed by atoms with Crippen LogP contribution in [0.25, 0.3) is 0 Å². The third-order valence-electron chi connectivity index (χ3n) is 4.56. The normalized spacial score (nSPS) is 14.6. The van der Waals surface area contributed by atoms with E-state index in [9.17, 15) is 18.0 Å². The lowest BCUT2D eigenvalue weighted by atomic mass is 10.1. The molecule has 0 aliphatic carbocycles. The molecule has 7 nitrogen and oxygen atoms in total. The van der Waals surface area contributed by atoms with E-state index in [0.717, 1.165) is 12.8 Å². The van der Waals surface area contributed by atoms with Gasteiger partial charge in [-0.25, -0.2) is 8.42 Å². The SMILES string of the molecule is CCNC(=O)c1ccccc1NC(=O)c1cccc(S(=O)(=O)N2CCCC2)c1. The molecule has 0 aromatic heterocycles. The van der Waals surface area contributed by atoms with Crippen LogP contribution in [0.2, 0.25) is 0 Å². The number of sulfonamides is 1. The fourth-order valence-electron chi connectivity index (χ4n) is 3.12. The van der Waals surface area contributed by atoms with E-state index < -0.39 is 15.9 Å². The maximum Gasteiger partial charge on any atom is 0.255 e. The van der Waals surface area contributed by atoms with E-state index in [0.29, 0.717) is 30.9 Å². The minimum absolute atomic E-state index is 0.0964. The zero-order chi connectivity index (χ0) is 20.1. The van der Waals surface area contributed by atoms with E-state index in [2.05, 4.69) is 10.6 Å². The van der Waals surface area contributed by atoms with Gasteiger partial charge in [0.1, 0.15) is 0 Å². The van der Waals surface area contributed by atoms with Gasteiger partial charge in [-0.05, 0) is 50.1 Å². The Bertz CT molecular complexity index is 982. The van der Waals surface area contributed by atoms with Crippen LogP contribution in [0.5, 0.6) is 0 Å². The lowest BCUT2D eigenvalue weighted by Gasteiger charge is -2.16. The molecule has 1 saturated heterocycles. The average molecular weight is 401 g/mol. The number of hydrogen-bond acceptors (Lipinski definition) is 4. The summed E-state index contributed by atoms with van der Waals surface area (Å²) < 4.78 is 26.9. The third kappa shape index (κ3) is 4.23. The topological polar surface area (TPSA) is 95.6 Å². The van der Waals surface area contributed by atoms with Crippen molar-refractivity contribution in [2.75, 3.05) is 25.0 Å². The van der Waals surface area contributed by atoms with Crippen LogP contribution in [-0.2, 0) is 10.0 Å². The first kappa shape index (κ1) is 20.0. The molecule has 0 bridgehead atoms. The molecule has 0 unspecified atom stereocenters. The molecule has 2 amide bonds. The van der Waals surface area contributed by atoms with Crippen LogP contribution in [0, 0.1) is 0 Å². The molecule has 0 atom stereocenters. The predicted octanol–water partition coefficient (Wildman–Crippen LogP) is 2.47. The highest BCUT2D eigenvalue weighted by atomic mass is 32.2. The molecular formula is C20H23N3O4S. The molecule has 148 valence electrons. The Morgan fingerprint density at radius 1 is 1.00 bits per heavy atom. The third-order valence-corrected chi connectivity index (χ3v) is 6.45. The monoisotopic (exact) mass is 401 g/mol. The van der Waals surface area contributed by atoms with Crippen LogP contribution < -0.4 is 10.6 Å². The van der Waals surface area contributed by atoms with Crippen molar-refractivity contribution < 1.29 is 18.0 Å². The van der Waals surface area contributed by atoms with Crippen molar-refractivity contribution in [1.29, 1.82) is 0 Å². The van der Waals surface area contributed by atoms with Gasteiger partial charge < -0.3 is 10.6 Å². The summed E-state index contributed by atoms with van der Waals surface area (Å²) in [5.74, 6) is -0.765. The number of nitrogens with one attached hydrogen (secondary N) is 2. The smallest absolute Gasteiger partial charge is 0.255 e. The highest BCUT2D eigenvalue weighted by Crippen LogP contribution is 2.22. The van der Waals surface area contributed by atoms with Gasteiger partial charge in [0.15, 0.2) is 0 Å². The van der Waals surface area contributed by atoms with Crippen molar-refractivity contribution in [1.82, 2.24) is 9.62 Å². The van der Waals surface area contributed by atoms with E-state index in [4.69, 9.17) is 0 Å². The van der Waals surface area contributed by atoms with E-state index in [-0.39, 0.29) is 16.4 Å². The van der Waals surface area contributed by atoms with Gasteiger partial charge in [0.05, 0.1) is 16.1 Å². The Morgan fingerprint density at radius 2 is 1.71 bits per heavy atom. The molecule has 1 aliphatic rings. The summed E-state index contributed by atoms with van der Waals surface area (Å²) in [6.07, 6.45) is 1.69. The molecule has 1 fully saturated rings. The number of amides is 2. The van der Waals surface area contributed by atoms with Gasteiger partial charge in [0, 0.05) is 25.2 Å². The molecule has 1 aliphatic heterocycles. The number of nitrogens with zero attached hydrogens (tertiary/aromatic N) is 1. The second-order valence-electron chi connectivity index (χ2n) is 6.50. The number of carbonyl (C=O) groups is 2. The Labute approximate surface area is 164 Å². The molecule has 1 heterocycles. The van der Waals surface area contributed by atoms with Crippen LogP contribution in [-0.4, -0.2) is 44.2 Å². The Hall–Kier alpha value is -2.71. The van der Waals surface area contributed by atoms with Gasteiger partial charge in [-0.15, -0.1) is 0 Å². The number of hydrogen-bond donors (Lipinski definition) is 2. The minimum atomic E-state index is -3.61. The maximum absolute atomic E-state index is 12.7. The standard InChI is InChI=1S/C20H23N3O4S/c1-2-21-20(25)17-10-3-4-11-18(17)22-19(24)15-8-7-9-16(14-15)28(26,27)23-12-5-6-13-23/h3-4,7-11,14H,2,5-6,12-13H2,1H3,(H,21,25)(H,22,24). The van der Waals surface area contributed by atoms with Crippen molar-refractivity contribution in [3.05, 3.63) is 59.7 Å². The van der Waals surface area contributed by atoms with E-state index >= 15 is 0 Å². The zero-order valence-electron chi connectivity index (χ0n) is 15.6. The van der Waals surface area contributed by atoms with Crippen LogP contribution in [0.3, 0.4) is 0 Å². The lowest BCUT2D eigenvalue weighted by molar-refractivity contribution is 0.0956. The van der Waals surface area contributed by atoms with Crippen LogP contribution >= 0.6 is 0 Å². The maximum atomic E-state index is 12.7. The van der Waals surface area contributed by atoms with Crippen molar-refractivity contribution in [2.45, 2.75) is 24.7 Å². The number of benzene rings is 2. The molecule has 2 N–H and O–H groups in total. The first-order valence-electron chi connectivity index (χ1n) is 9.22. The molecule has 0 radical (unpaired) electrons. The number of anilines is 1. The fourth-order valence-corrected chi connectivity index (χ4v) is 4.68. The number of para-hydroxylation sites is 1. The number of carbonyl (C=O) groups excluding carboxylic acids is 2. The molecule has 0 spiro atoms. The molecule has 2 aromatic rings. The Balaban J connectivity index is 1.84. The Morgan fingerprint density at radius 3 is 2.43 bits per heavy atom. The average Bonchev–Trinajstić information content (AvgIpc) is 3.24. The Kier molecular flexibility index (Phi) is 6.11. The fraction of sp³-hybridized carbons (Fsp3) is 0.300. The largest absolute Gasteiger partial charge is 0.352 e. The first-order chi connectivity index (χ1) is 13.4. The van der Waals surface area contributed by atoms with Gasteiger partial charge >= 0.3 is 0 Å². The lowest BCUT2D eigenvalue weighted by Crippen LogP contribution is -2.28. The van der Waals surface area contributed by atoms with E-state index in [1.165, 1.54) is 16.4 Å². The van der Waals surface area contributed by atoms with Gasteiger partial charge in [0.2, 0.25) is 10.0 Å². The summed E-state index contributed by atoms with van der Waals surface area (Å²) in [5.41, 5.74) is 0.927. The van der Waals surface area contributed by atoms with Crippen LogP contribution in [0.1, 0.15) is 40.5 Å². The minimum Gasteiger partial charge on any atom is -0.352 e. The van der Waals surface area contributed by atoms with Gasteiger partial charge in [-0.3, -0.25) is 9.59 Å². The molecule has 3 rings (SSSR count). The second-order valence-corrected chi connectivity index (χ2v) is 8.44. The summed E-state index contributed by atoms with van der Waals surface area (Å²) >= 11 is 0. The van der Waals surface area contributed by atoms with Crippen LogP contribution in [0.4, 0.5) is 5.69 Å². The zero-order valence-corrected chi connectivity index (χ0v) is 16.5. The van der Waals surface area contributed by atoms with E-state index in [1.807, 2.05) is 6.92 Å². The van der Waals surface area contributed by atoms with Crippen molar-refractivity contribution in [2.24, 2.45) is 0 Å². The molecule has 28 heavy (non-hydrogen) atoms. The summed E-state index contributed by atoms with van der Waals surface area (Å²) in [7, 11) is -3.61. The molecule has 8 heteroatoms. The number of rotatable bonds is 6. The quantitative estimate of drug-likeness (QED) is 0.777. The van der Waals surface area contributed by atoms with E-state index in [1.54, 1.807) is 36.4 Å². The van der Waals surface area contributed by atoms with Crippen molar-refractivity contribution >= 4 is 27.5 Å². The predicted molar refractivity (Wildman–Crippen MR) is 107 cm³/mol. The summed E-state index contributed by atoms with van der Waals surface area (Å²) in [4.78, 5) is 25.0. The second kappa shape index (κ2) is 8.53. The summed E-state index contributed by atoms with van der Waals surface area (Å²) in [6.45, 7) is 3.28. The molecule has 0 saturated carbocycles. The van der Waals surface area contributed by atoms with Gasteiger partial charge in [0.25, 0.3) is 11.8 Å². The summed E-state index contributed by atoms with van der Waals surface area (Å²) in [6, 6.07) is 12.6. The van der Waals surface area contributed by atoms with Gasteiger partial charge in [-0.1, -0.05) is 18.2 Å².